The summed E-state index contributed by atoms with van der Waals surface area (Å²) < 4.78 is 10.9. The summed E-state index contributed by atoms with van der Waals surface area (Å²) in [5.41, 5.74) is 1.07. The number of rotatable bonds is 7. The number of nitrogens with one attached hydrogen (secondary N) is 1. The van der Waals surface area contributed by atoms with Gasteiger partial charge in [0, 0.05) is 30.3 Å². The van der Waals surface area contributed by atoms with Crippen molar-refractivity contribution >= 4 is 29.4 Å². The van der Waals surface area contributed by atoms with Crippen molar-refractivity contribution in [2.24, 2.45) is 5.92 Å². The first kappa shape index (κ1) is 18.9. The first-order chi connectivity index (χ1) is 11.5. The summed E-state index contributed by atoms with van der Waals surface area (Å²) in [4.78, 5) is 14.1. The molecule has 5 nitrogen and oxygen atoms in total. The second-order valence-electron chi connectivity index (χ2n) is 5.65. The van der Waals surface area contributed by atoms with Crippen LogP contribution in [0, 0.1) is 5.92 Å². The van der Waals surface area contributed by atoms with Crippen molar-refractivity contribution in [1.29, 1.82) is 0 Å². The number of benzene rings is 1. The first-order valence-electron chi connectivity index (χ1n) is 7.67. The number of carbonyl (C=O) groups is 1. The molecule has 7 heteroatoms. The minimum atomic E-state index is -0.0324. The number of ether oxygens (including phenoxy) is 2. The molecule has 0 aliphatic carbocycles. The van der Waals surface area contributed by atoms with Gasteiger partial charge in [0.25, 0.3) is 0 Å². The Hall–Kier alpha value is -1.47. The molecule has 0 saturated carbocycles. The van der Waals surface area contributed by atoms with E-state index in [-0.39, 0.29) is 16.5 Å². The fraction of sp³-hybridized carbons (Fsp3) is 0.471. The number of nitrogens with zero attached hydrogens (tertiary/aromatic N) is 1. The third-order valence-electron chi connectivity index (χ3n) is 3.60. The van der Waals surface area contributed by atoms with Crippen LogP contribution in [0.4, 0.5) is 0 Å². The third kappa shape index (κ3) is 4.54. The second kappa shape index (κ2) is 8.58. The fourth-order valence-electron chi connectivity index (χ4n) is 2.23. The predicted octanol–water partition coefficient (Wildman–Crippen LogP) is 3.47. The summed E-state index contributed by atoms with van der Waals surface area (Å²) in [5.74, 6) is 1.58. The summed E-state index contributed by atoms with van der Waals surface area (Å²) in [6.07, 6.45) is 4.08. The van der Waals surface area contributed by atoms with Gasteiger partial charge in [-0.15, -0.1) is 11.8 Å². The molecule has 1 N–H and O–H groups in total. The number of hydrogen-bond acceptors (Lipinski definition) is 6. The minimum absolute atomic E-state index is 0.0324. The maximum absolute atomic E-state index is 11.9. The van der Waals surface area contributed by atoms with Crippen LogP contribution >= 0.6 is 23.5 Å². The summed E-state index contributed by atoms with van der Waals surface area (Å²) >= 11 is 3.40. The quantitative estimate of drug-likeness (QED) is 0.795. The maximum atomic E-state index is 11.9. The van der Waals surface area contributed by atoms with Gasteiger partial charge < -0.3 is 19.7 Å². The molecule has 0 spiro atoms. The predicted molar refractivity (Wildman–Crippen MR) is 101 cm³/mol. The van der Waals surface area contributed by atoms with E-state index in [1.54, 1.807) is 37.7 Å². The van der Waals surface area contributed by atoms with E-state index in [2.05, 4.69) is 16.5 Å². The third-order valence-corrected chi connectivity index (χ3v) is 6.08. The molecular formula is C17H24N2O3S2. The van der Waals surface area contributed by atoms with Crippen molar-refractivity contribution in [1.82, 2.24) is 10.2 Å². The van der Waals surface area contributed by atoms with E-state index in [4.69, 9.17) is 9.47 Å². The highest BCUT2D eigenvalue weighted by Gasteiger charge is 2.27. The van der Waals surface area contributed by atoms with Crippen LogP contribution in [0.3, 0.4) is 0 Å². The topological polar surface area (TPSA) is 50.8 Å². The lowest BCUT2D eigenvalue weighted by Crippen LogP contribution is -2.25. The zero-order chi connectivity index (χ0) is 17.7. The van der Waals surface area contributed by atoms with Gasteiger partial charge in [0.05, 0.1) is 19.2 Å². The smallest absolute Gasteiger partial charge is 0.227 e. The molecule has 1 aliphatic heterocycles. The van der Waals surface area contributed by atoms with Crippen LogP contribution in [-0.4, -0.2) is 36.0 Å². The zero-order valence-electron chi connectivity index (χ0n) is 14.7. The van der Waals surface area contributed by atoms with Crippen molar-refractivity contribution < 1.29 is 14.3 Å². The number of amides is 1. The van der Waals surface area contributed by atoms with Gasteiger partial charge in [-0.2, -0.15) is 0 Å². The van der Waals surface area contributed by atoms with Gasteiger partial charge in [0.15, 0.2) is 0 Å². The van der Waals surface area contributed by atoms with Gasteiger partial charge in [0.1, 0.15) is 16.2 Å². The molecule has 1 aromatic rings. The number of methoxy groups -OCH3 is 2. The lowest BCUT2D eigenvalue weighted by atomic mass is 10.2. The Morgan fingerprint density at radius 1 is 1.38 bits per heavy atom. The Morgan fingerprint density at radius 3 is 2.71 bits per heavy atom. The largest absolute Gasteiger partial charge is 0.497 e. The second-order valence-corrected chi connectivity index (χ2v) is 7.99. The Bertz CT molecular complexity index is 620. The number of thioether (sulfide) groups is 2. The monoisotopic (exact) mass is 368 g/mol. The molecule has 24 heavy (non-hydrogen) atoms. The molecule has 132 valence electrons. The SMILES string of the molecule is COc1ccc(CN2C=C(NC(=O)C(C)C)SC2SC)c(OC)c1. The molecule has 0 aromatic heterocycles. The van der Waals surface area contributed by atoms with E-state index < -0.39 is 0 Å². The van der Waals surface area contributed by atoms with Crippen molar-refractivity contribution in [3.05, 3.63) is 35.0 Å². The average molecular weight is 369 g/mol. The first-order valence-corrected chi connectivity index (χ1v) is 9.84. The zero-order valence-corrected chi connectivity index (χ0v) is 16.3. The molecule has 0 fully saturated rings. The normalized spacial score (nSPS) is 17.0. The Labute approximate surface area is 152 Å². The summed E-state index contributed by atoms with van der Waals surface area (Å²) in [5, 5.41) is 3.87. The van der Waals surface area contributed by atoms with Crippen LogP contribution in [-0.2, 0) is 11.3 Å². The van der Waals surface area contributed by atoms with Crippen LogP contribution < -0.4 is 14.8 Å². The minimum Gasteiger partial charge on any atom is -0.497 e. The van der Waals surface area contributed by atoms with Crippen molar-refractivity contribution in [3.8, 4) is 11.5 Å². The fourth-order valence-corrected chi connectivity index (χ4v) is 4.17. The van der Waals surface area contributed by atoms with Crippen molar-refractivity contribution in [3.63, 3.8) is 0 Å². The van der Waals surface area contributed by atoms with Crippen LogP contribution in [0.15, 0.2) is 29.4 Å². The molecule has 2 rings (SSSR count). The highest BCUT2D eigenvalue weighted by atomic mass is 32.2. The molecule has 0 saturated heterocycles. The van der Waals surface area contributed by atoms with Gasteiger partial charge in [0.2, 0.25) is 5.91 Å². The molecular weight excluding hydrogens is 344 g/mol. The van der Waals surface area contributed by atoms with Crippen LogP contribution in [0.5, 0.6) is 11.5 Å². The molecule has 1 atom stereocenters. The highest BCUT2D eigenvalue weighted by molar-refractivity contribution is 8.18. The van der Waals surface area contributed by atoms with Crippen LogP contribution in [0.25, 0.3) is 0 Å². The van der Waals surface area contributed by atoms with E-state index in [9.17, 15) is 4.79 Å². The molecule has 1 amide bonds. The van der Waals surface area contributed by atoms with Crippen LogP contribution in [0.2, 0.25) is 0 Å². The number of hydrogen-bond donors (Lipinski definition) is 1. The van der Waals surface area contributed by atoms with E-state index in [0.29, 0.717) is 6.54 Å². The van der Waals surface area contributed by atoms with Gasteiger partial charge in [-0.1, -0.05) is 25.6 Å². The summed E-state index contributed by atoms with van der Waals surface area (Å²) in [7, 11) is 3.30. The average Bonchev–Trinajstić information content (AvgIpc) is 2.96. The lowest BCUT2D eigenvalue weighted by molar-refractivity contribution is -0.123. The van der Waals surface area contributed by atoms with E-state index >= 15 is 0 Å². The number of carbonyl (C=O) groups excluding carboxylic acids is 1. The Balaban J connectivity index is 2.15. The maximum Gasteiger partial charge on any atom is 0.227 e. The summed E-state index contributed by atoms with van der Waals surface area (Å²) in [6, 6.07) is 5.83. The van der Waals surface area contributed by atoms with Crippen LogP contribution in [0.1, 0.15) is 19.4 Å². The molecule has 0 radical (unpaired) electrons. The molecule has 1 aliphatic rings. The van der Waals surface area contributed by atoms with Gasteiger partial charge in [-0.25, -0.2) is 0 Å². The van der Waals surface area contributed by atoms with Crippen molar-refractivity contribution in [2.75, 3.05) is 20.5 Å². The molecule has 1 aromatic carbocycles. The molecule has 0 bridgehead atoms. The Kier molecular flexibility index (Phi) is 6.74. The standard InChI is InChI=1S/C17H24N2O3S2/c1-11(2)16(20)18-15-10-19(17(23-5)24-15)9-12-6-7-13(21-3)8-14(12)22-4/h6-8,10-11,17H,9H2,1-5H3,(H,18,20). The summed E-state index contributed by atoms with van der Waals surface area (Å²) in [6.45, 7) is 4.48. The molecule has 1 heterocycles. The Morgan fingerprint density at radius 2 is 2.12 bits per heavy atom. The van der Waals surface area contributed by atoms with Crippen molar-refractivity contribution in [2.45, 2.75) is 25.1 Å². The van der Waals surface area contributed by atoms with E-state index in [1.807, 2.05) is 38.2 Å². The van der Waals surface area contributed by atoms with E-state index in [0.717, 1.165) is 22.1 Å². The van der Waals surface area contributed by atoms with Gasteiger partial charge >= 0.3 is 0 Å². The van der Waals surface area contributed by atoms with Gasteiger partial charge in [-0.05, 0) is 18.4 Å². The lowest BCUT2D eigenvalue weighted by Gasteiger charge is -2.23. The van der Waals surface area contributed by atoms with Gasteiger partial charge in [-0.3, -0.25) is 4.79 Å². The molecule has 1 unspecified atom stereocenters. The highest BCUT2D eigenvalue weighted by Crippen LogP contribution is 2.39. The van der Waals surface area contributed by atoms with E-state index in [1.165, 1.54) is 0 Å².